The Kier molecular flexibility index (Phi) is 4.40. The van der Waals surface area contributed by atoms with Crippen LogP contribution < -0.4 is 0 Å². The highest BCUT2D eigenvalue weighted by atomic mass is 127. The van der Waals surface area contributed by atoms with Gasteiger partial charge in [-0.1, -0.05) is 17.7 Å². The fourth-order valence-electron chi connectivity index (χ4n) is 1.52. The molecule has 1 aromatic heterocycles. The van der Waals surface area contributed by atoms with Gasteiger partial charge in [-0.15, -0.1) is 11.3 Å². The number of nitrogens with zero attached hydrogens (tertiary/aromatic N) is 1. The lowest BCUT2D eigenvalue weighted by Crippen LogP contribution is -2.03. The summed E-state index contributed by atoms with van der Waals surface area (Å²) in [4.78, 5) is 17.6. The van der Waals surface area contributed by atoms with E-state index in [2.05, 4.69) is 27.6 Å². The summed E-state index contributed by atoms with van der Waals surface area (Å²) in [6.07, 6.45) is 0.344. The molecule has 0 saturated carbocycles. The van der Waals surface area contributed by atoms with Gasteiger partial charge in [-0.2, -0.15) is 0 Å². The number of hydrogen-bond donors (Lipinski definition) is 0. The minimum Gasteiger partial charge on any atom is -0.294 e. The van der Waals surface area contributed by atoms with Gasteiger partial charge in [-0.25, -0.2) is 4.98 Å². The largest absolute Gasteiger partial charge is 0.294 e. The summed E-state index contributed by atoms with van der Waals surface area (Å²) >= 11 is 9.74. The lowest BCUT2D eigenvalue weighted by molar-refractivity contribution is 0.0993. The number of rotatable bonds is 3. The number of hydrogen-bond acceptors (Lipinski definition) is 3. The predicted octanol–water partition coefficient (Wildman–Crippen LogP) is 4.44. The van der Waals surface area contributed by atoms with Crippen LogP contribution in [-0.2, 0) is 6.42 Å². The third kappa shape index (κ3) is 3.10. The summed E-state index contributed by atoms with van der Waals surface area (Å²) in [5.41, 5.74) is 1.65. The van der Waals surface area contributed by atoms with Gasteiger partial charge >= 0.3 is 0 Å². The maximum absolute atomic E-state index is 12.1. The van der Waals surface area contributed by atoms with Crippen LogP contribution in [0.25, 0.3) is 0 Å². The Labute approximate surface area is 129 Å². The fourth-order valence-corrected chi connectivity index (χ4v) is 2.97. The van der Waals surface area contributed by atoms with Crippen LogP contribution in [0, 0.1) is 17.4 Å². The highest BCUT2D eigenvalue weighted by Crippen LogP contribution is 2.22. The van der Waals surface area contributed by atoms with Crippen molar-refractivity contribution in [3.05, 3.63) is 47.9 Å². The van der Waals surface area contributed by atoms with E-state index in [0.717, 1.165) is 14.3 Å². The molecule has 0 aliphatic rings. The number of thiazole rings is 1. The van der Waals surface area contributed by atoms with E-state index < -0.39 is 0 Å². The molecule has 0 aliphatic carbocycles. The Hall–Kier alpha value is -0.460. The molecule has 1 aromatic carbocycles. The van der Waals surface area contributed by atoms with Gasteiger partial charge in [-0.05, 0) is 48.6 Å². The molecule has 0 radical (unpaired) electrons. The molecule has 0 aliphatic heterocycles. The first kappa shape index (κ1) is 14.0. The summed E-state index contributed by atoms with van der Waals surface area (Å²) < 4.78 is 0.951. The molecule has 18 heavy (non-hydrogen) atoms. The lowest BCUT2D eigenvalue weighted by Gasteiger charge is -2.01. The van der Waals surface area contributed by atoms with Crippen molar-refractivity contribution in [1.29, 1.82) is 0 Å². The van der Waals surface area contributed by atoms with Gasteiger partial charge in [0.15, 0.2) is 5.78 Å². The molecular formula is C13H11ClINOS. The van der Waals surface area contributed by atoms with Gasteiger partial charge in [-0.3, -0.25) is 4.79 Å². The molecule has 1 heterocycles. The van der Waals surface area contributed by atoms with E-state index >= 15 is 0 Å². The van der Waals surface area contributed by atoms with Crippen molar-refractivity contribution in [3.63, 3.8) is 0 Å². The summed E-state index contributed by atoms with van der Waals surface area (Å²) in [6.45, 7) is 3.98. The number of aromatic nitrogens is 1. The number of carbonyl (C=O) groups is 1. The van der Waals surface area contributed by atoms with Crippen LogP contribution >= 0.6 is 45.5 Å². The van der Waals surface area contributed by atoms with Gasteiger partial charge in [0.05, 0.1) is 17.1 Å². The molecule has 2 aromatic rings. The third-order valence-corrected chi connectivity index (χ3v) is 5.27. The Morgan fingerprint density at radius 3 is 2.72 bits per heavy atom. The number of aryl methyl sites for hydroxylation is 2. The Morgan fingerprint density at radius 2 is 2.17 bits per heavy atom. The monoisotopic (exact) mass is 391 g/mol. The molecule has 0 atom stereocenters. The number of benzene rings is 1. The molecule has 2 rings (SSSR count). The zero-order valence-corrected chi connectivity index (χ0v) is 13.7. The minimum atomic E-state index is 0.0575. The number of Topliss-reactive ketones (excluding diaryl/α,β-unsaturated/α-hetero) is 1. The molecule has 94 valence electrons. The van der Waals surface area contributed by atoms with E-state index in [0.29, 0.717) is 17.0 Å². The molecule has 0 bridgehead atoms. The Morgan fingerprint density at radius 1 is 1.44 bits per heavy atom. The smallest absolute Gasteiger partial charge is 0.169 e. The van der Waals surface area contributed by atoms with Crippen molar-refractivity contribution >= 4 is 51.3 Å². The third-order valence-electron chi connectivity index (χ3n) is 2.63. The quantitative estimate of drug-likeness (QED) is 0.572. The summed E-state index contributed by atoms with van der Waals surface area (Å²) in [7, 11) is 0. The van der Waals surface area contributed by atoms with Crippen LogP contribution in [-0.4, -0.2) is 10.8 Å². The standard InChI is InChI=1S/C13H11ClINOS/c1-7-8(2)18-13(16-7)6-12(17)9-3-4-11(15)10(14)5-9/h3-5H,6H2,1-2H3. The first-order valence-corrected chi connectivity index (χ1v) is 7.66. The molecule has 0 fully saturated rings. The SMILES string of the molecule is Cc1nc(CC(=O)c2ccc(I)c(Cl)c2)sc1C. The average molecular weight is 392 g/mol. The van der Waals surface area contributed by atoms with E-state index in [1.54, 1.807) is 17.4 Å². The van der Waals surface area contributed by atoms with Crippen molar-refractivity contribution < 1.29 is 4.79 Å². The lowest BCUT2D eigenvalue weighted by atomic mass is 10.1. The second-order valence-corrected chi connectivity index (χ2v) is 6.84. The van der Waals surface area contributed by atoms with Gasteiger partial charge in [0.2, 0.25) is 0 Å². The van der Waals surface area contributed by atoms with Crippen LogP contribution in [0.2, 0.25) is 5.02 Å². The van der Waals surface area contributed by atoms with E-state index in [1.165, 1.54) is 4.88 Å². The molecule has 5 heteroatoms. The van der Waals surface area contributed by atoms with Gasteiger partial charge in [0, 0.05) is 14.0 Å². The topological polar surface area (TPSA) is 30.0 Å². The zero-order chi connectivity index (χ0) is 13.3. The number of ketones is 1. The van der Waals surface area contributed by atoms with Crippen LogP contribution in [0.5, 0.6) is 0 Å². The summed E-state index contributed by atoms with van der Waals surface area (Å²) in [5, 5.41) is 1.48. The summed E-state index contributed by atoms with van der Waals surface area (Å²) in [5.74, 6) is 0.0575. The maximum Gasteiger partial charge on any atom is 0.169 e. The molecule has 0 spiro atoms. The van der Waals surface area contributed by atoms with E-state index in [1.807, 2.05) is 26.0 Å². The maximum atomic E-state index is 12.1. The molecule has 2 nitrogen and oxygen atoms in total. The van der Waals surface area contributed by atoms with Crippen molar-refractivity contribution in [2.45, 2.75) is 20.3 Å². The Bertz CT molecular complexity index is 590. The first-order chi connectivity index (χ1) is 8.47. The van der Waals surface area contributed by atoms with Crippen molar-refractivity contribution in [1.82, 2.24) is 4.98 Å². The molecular weight excluding hydrogens is 381 g/mol. The van der Waals surface area contributed by atoms with E-state index in [4.69, 9.17) is 11.6 Å². The molecule has 0 unspecified atom stereocenters. The zero-order valence-electron chi connectivity index (χ0n) is 9.96. The fraction of sp³-hybridized carbons (Fsp3) is 0.231. The van der Waals surface area contributed by atoms with Gasteiger partial charge in [0.1, 0.15) is 5.01 Å². The van der Waals surface area contributed by atoms with Gasteiger partial charge < -0.3 is 0 Å². The Balaban J connectivity index is 2.19. The van der Waals surface area contributed by atoms with Crippen LogP contribution in [0.15, 0.2) is 18.2 Å². The molecule has 0 N–H and O–H groups in total. The highest BCUT2D eigenvalue weighted by molar-refractivity contribution is 14.1. The van der Waals surface area contributed by atoms with Crippen LogP contribution in [0.3, 0.4) is 0 Å². The van der Waals surface area contributed by atoms with Crippen molar-refractivity contribution in [2.75, 3.05) is 0 Å². The van der Waals surface area contributed by atoms with E-state index in [9.17, 15) is 4.79 Å². The number of halogens is 2. The number of carbonyl (C=O) groups excluding carboxylic acids is 1. The minimum absolute atomic E-state index is 0.0575. The van der Waals surface area contributed by atoms with Crippen LogP contribution in [0.4, 0.5) is 0 Å². The molecule has 0 amide bonds. The van der Waals surface area contributed by atoms with E-state index in [-0.39, 0.29) is 5.78 Å². The molecule has 0 saturated heterocycles. The van der Waals surface area contributed by atoms with Crippen molar-refractivity contribution in [3.8, 4) is 0 Å². The normalized spacial score (nSPS) is 10.7. The second kappa shape index (κ2) is 5.67. The van der Waals surface area contributed by atoms with Crippen LogP contribution in [0.1, 0.15) is 25.9 Å². The summed E-state index contributed by atoms with van der Waals surface area (Å²) in [6, 6.07) is 5.39. The van der Waals surface area contributed by atoms with Crippen molar-refractivity contribution in [2.24, 2.45) is 0 Å². The predicted molar refractivity (Wildman–Crippen MR) is 83.8 cm³/mol. The van der Waals surface area contributed by atoms with Gasteiger partial charge in [0.25, 0.3) is 0 Å². The average Bonchev–Trinajstić information content (AvgIpc) is 2.61. The second-order valence-electron chi connectivity index (χ2n) is 3.98. The highest BCUT2D eigenvalue weighted by Gasteiger charge is 2.12. The first-order valence-electron chi connectivity index (χ1n) is 5.38.